The maximum Gasteiger partial charge on any atom is 0.191 e. The van der Waals surface area contributed by atoms with E-state index in [9.17, 15) is 0 Å². The molecule has 3 aromatic rings. The lowest BCUT2D eigenvalue weighted by molar-refractivity contribution is 0.107. The normalized spacial score (nSPS) is 11.2. The summed E-state index contributed by atoms with van der Waals surface area (Å²) in [5.74, 6) is 2.16. The van der Waals surface area contributed by atoms with Gasteiger partial charge in [-0.25, -0.2) is 0 Å². The van der Waals surface area contributed by atoms with E-state index >= 15 is 0 Å². The first-order valence-electron chi connectivity index (χ1n) is 10.6. The lowest BCUT2D eigenvalue weighted by atomic mass is 10.1. The molecule has 0 saturated heterocycles. The van der Waals surface area contributed by atoms with Crippen LogP contribution in [0, 0.1) is 0 Å². The SMILES string of the molecule is CN=C(NCc1ccc(COCc2ccccc2)cc1)NCc1ccc(OC)c(OC)c1. The summed E-state index contributed by atoms with van der Waals surface area (Å²) in [4.78, 5) is 4.30. The number of aliphatic imine (C=N–C) groups is 1. The fourth-order valence-electron chi connectivity index (χ4n) is 3.20. The molecule has 0 spiro atoms. The minimum Gasteiger partial charge on any atom is -0.493 e. The van der Waals surface area contributed by atoms with Crippen LogP contribution in [0.4, 0.5) is 0 Å². The molecule has 168 valence electrons. The molecule has 0 atom stereocenters. The Kier molecular flexibility index (Phi) is 8.95. The Bertz CT molecular complexity index is 989. The Hall–Kier alpha value is -3.51. The Balaban J connectivity index is 1.43. The zero-order chi connectivity index (χ0) is 22.6. The maximum atomic E-state index is 5.80. The zero-order valence-corrected chi connectivity index (χ0v) is 18.9. The van der Waals surface area contributed by atoms with Gasteiger partial charge in [0.25, 0.3) is 0 Å². The largest absolute Gasteiger partial charge is 0.493 e. The number of methoxy groups -OCH3 is 2. The molecule has 0 aromatic heterocycles. The quantitative estimate of drug-likeness (QED) is 0.369. The van der Waals surface area contributed by atoms with Crippen LogP contribution in [0.25, 0.3) is 0 Å². The first kappa shape index (κ1) is 23.2. The highest BCUT2D eigenvalue weighted by atomic mass is 16.5. The number of hydrogen-bond acceptors (Lipinski definition) is 4. The number of nitrogens with one attached hydrogen (secondary N) is 2. The predicted molar refractivity (Wildman–Crippen MR) is 128 cm³/mol. The molecule has 0 heterocycles. The summed E-state index contributed by atoms with van der Waals surface area (Å²) in [5.41, 5.74) is 4.58. The second-order valence-electron chi connectivity index (χ2n) is 7.26. The smallest absolute Gasteiger partial charge is 0.191 e. The number of hydrogen-bond donors (Lipinski definition) is 2. The average molecular weight is 434 g/mol. The summed E-state index contributed by atoms with van der Waals surface area (Å²) in [7, 11) is 5.03. The van der Waals surface area contributed by atoms with E-state index < -0.39 is 0 Å². The van der Waals surface area contributed by atoms with Gasteiger partial charge in [0.2, 0.25) is 0 Å². The van der Waals surface area contributed by atoms with Crippen LogP contribution in [-0.2, 0) is 31.0 Å². The minimum atomic E-state index is 0.594. The first-order chi connectivity index (χ1) is 15.7. The third-order valence-electron chi connectivity index (χ3n) is 4.99. The third-order valence-corrected chi connectivity index (χ3v) is 4.99. The average Bonchev–Trinajstić information content (AvgIpc) is 2.85. The third kappa shape index (κ3) is 7.03. The zero-order valence-electron chi connectivity index (χ0n) is 18.9. The molecule has 0 aliphatic carbocycles. The van der Waals surface area contributed by atoms with E-state index in [-0.39, 0.29) is 0 Å². The summed E-state index contributed by atoms with van der Waals surface area (Å²) in [6.07, 6.45) is 0. The van der Waals surface area contributed by atoms with Crippen LogP contribution in [0.5, 0.6) is 11.5 Å². The molecular weight excluding hydrogens is 402 g/mol. The molecule has 6 nitrogen and oxygen atoms in total. The molecule has 0 amide bonds. The van der Waals surface area contributed by atoms with Gasteiger partial charge in [0, 0.05) is 20.1 Å². The summed E-state index contributed by atoms with van der Waals surface area (Å²) in [6, 6.07) is 24.5. The van der Waals surface area contributed by atoms with E-state index in [1.807, 2.05) is 36.4 Å². The van der Waals surface area contributed by atoms with Crippen molar-refractivity contribution >= 4 is 5.96 Å². The van der Waals surface area contributed by atoms with E-state index in [0.717, 1.165) is 17.1 Å². The number of benzene rings is 3. The monoisotopic (exact) mass is 433 g/mol. The predicted octanol–water partition coefficient (Wildman–Crippen LogP) is 4.29. The van der Waals surface area contributed by atoms with Crippen LogP contribution in [0.3, 0.4) is 0 Å². The first-order valence-corrected chi connectivity index (χ1v) is 10.6. The van der Waals surface area contributed by atoms with Gasteiger partial charge >= 0.3 is 0 Å². The Morgan fingerprint density at radius 3 is 1.88 bits per heavy atom. The maximum absolute atomic E-state index is 5.80. The minimum absolute atomic E-state index is 0.594. The lowest BCUT2D eigenvalue weighted by Gasteiger charge is -2.14. The molecule has 0 aliphatic heterocycles. The van der Waals surface area contributed by atoms with Crippen LogP contribution >= 0.6 is 0 Å². The van der Waals surface area contributed by atoms with Gasteiger partial charge in [0.15, 0.2) is 17.5 Å². The van der Waals surface area contributed by atoms with Crippen molar-refractivity contribution in [2.45, 2.75) is 26.3 Å². The van der Waals surface area contributed by atoms with Crippen LogP contribution in [0.15, 0.2) is 77.8 Å². The van der Waals surface area contributed by atoms with Crippen LogP contribution in [-0.4, -0.2) is 27.2 Å². The molecule has 6 heteroatoms. The molecular formula is C26H31N3O3. The highest BCUT2D eigenvalue weighted by molar-refractivity contribution is 5.79. The number of guanidine groups is 1. The molecule has 0 radical (unpaired) electrons. The molecule has 0 aliphatic rings. The van der Waals surface area contributed by atoms with Gasteiger partial charge < -0.3 is 24.8 Å². The molecule has 0 saturated carbocycles. The topological polar surface area (TPSA) is 64.1 Å². The van der Waals surface area contributed by atoms with Gasteiger partial charge in [0.05, 0.1) is 27.4 Å². The summed E-state index contributed by atoms with van der Waals surface area (Å²) >= 11 is 0. The molecule has 0 unspecified atom stereocenters. The molecule has 0 fully saturated rings. The van der Waals surface area contributed by atoms with Gasteiger partial charge in [-0.3, -0.25) is 4.99 Å². The fourth-order valence-corrected chi connectivity index (χ4v) is 3.20. The van der Waals surface area contributed by atoms with E-state index in [4.69, 9.17) is 14.2 Å². The van der Waals surface area contributed by atoms with Crippen LogP contribution < -0.4 is 20.1 Å². The highest BCUT2D eigenvalue weighted by Gasteiger charge is 2.05. The summed E-state index contributed by atoms with van der Waals surface area (Å²) in [6.45, 7) is 2.51. The Labute approximate surface area is 190 Å². The molecule has 3 aromatic carbocycles. The van der Waals surface area contributed by atoms with Crippen LogP contribution in [0.2, 0.25) is 0 Å². The van der Waals surface area contributed by atoms with Crippen molar-refractivity contribution in [1.29, 1.82) is 0 Å². The van der Waals surface area contributed by atoms with Crippen molar-refractivity contribution in [2.24, 2.45) is 4.99 Å². The van der Waals surface area contributed by atoms with Crippen LogP contribution in [0.1, 0.15) is 22.3 Å². The van der Waals surface area contributed by atoms with Gasteiger partial charge in [0.1, 0.15) is 0 Å². The van der Waals surface area contributed by atoms with Crippen molar-refractivity contribution < 1.29 is 14.2 Å². The standard InChI is InChI=1S/C26H31N3O3/c1-27-26(29-17-23-13-14-24(30-2)25(15-23)31-3)28-16-20-9-11-22(12-10-20)19-32-18-21-7-5-4-6-8-21/h4-15H,16-19H2,1-3H3,(H2,27,28,29). The van der Waals surface area contributed by atoms with Gasteiger partial charge in [-0.2, -0.15) is 0 Å². The molecule has 32 heavy (non-hydrogen) atoms. The Morgan fingerprint density at radius 2 is 1.25 bits per heavy atom. The van der Waals surface area contributed by atoms with E-state index in [0.29, 0.717) is 37.8 Å². The summed E-state index contributed by atoms with van der Waals surface area (Å²) in [5, 5.41) is 6.67. The van der Waals surface area contributed by atoms with Gasteiger partial charge in [-0.1, -0.05) is 60.7 Å². The number of ether oxygens (including phenoxy) is 3. The molecule has 3 rings (SSSR count). The van der Waals surface area contributed by atoms with Crippen molar-refractivity contribution in [3.8, 4) is 11.5 Å². The van der Waals surface area contributed by atoms with E-state index in [1.54, 1.807) is 21.3 Å². The highest BCUT2D eigenvalue weighted by Crippen LogP contribution is 2.27. The van der Waals surface area contributed by atoms with Gasteiger partial charge in [-0.05, 0) is 34.4 Å². The van der Waals surface area contributed by atoms with Gasteiger partial charge in [-0.15, -0.1) is 0 Å². The molecule has 2 N–H and O–H groups in total. The van der Waals surface area contributed by atoms with Crippen molar-refractivity contribution in [3.05, 3.63) is 95.1 Å². The van der Waals surface area contributed by atoms with E-state index in [2.05, 4.69) is 52.0 Å². The second-order valence-corrected chi connectivity index (χ2v) is 7.26. The Morgan fingerprint density at radius 1 is 0.688 bits per heavy atom. The number of rotatable bonds is 10. The van der Waals surface area contributed by atoms with Crippen molar-refractivity contribution in [3.63, 3.8) is 0 Å². The second kappa shape index (κ2) is 12.4. The van der Waals surface area contributed by atoms with Crippen molar-refractivity contribution in [1.82, 2.24) is 10.6 Å². The van der Waals surface area contributed by atoms with E-state index in [1.165, 1.54) is 11.1 Å². The lowest BCUT2D eigenvalue weighted by Crippen LogP contribution is -2.36. The molecule has 0 bridgehead atoms. The summed E-state index contributed by atoms with van der Waals surface area (Å²) < 4.78 is 16.5. The number of nitrogens with zero attached hydrogens (tertiary/aromatic N) is 1. The van der Waals surface area contributed by atoms with Crippen molar-refractivity contribution in [2.75, 3.05) is 21.3 Å². The fraction of sp³-hybridized carbons (Fsp3) is 0.269.